The van der Waals surface area contributed by atoms with Crippen molar-refractivity contribution in [1.82, 2.24) is 9.88 Å². The van der Waals surface area contributed by atoms with Gasteiger partial charge in [-0.3, -0.25) is 4.98 Å². The van der Waals surface area contributed by atoms with Crippen LogP contribution >= 0.6 is 23.8 Å². The molecule has 0 spiro atoms. The van der Waals surface area contributed by atoms with Crippen LogP contribution in [0.5, 0.6) is 0 Å². The standard InChI is InChI=1S/C19H19ClF3N3S/c20-17-10-14(7-8-16(17)19(21,22)23)25-18(27)26(15-5-1-2-6-15)12-13-4-3-9-24-11-13/h3-4,7-11,15H,1-2,5-6,12H2,(H,25,27). The summed E-state index contributed by atoms with van der Waals surface area (Å²) in [4.78, 5) is 6.23. The summed E-state index contributed by atoms with van der Waals surface area (Å²) in [7, 11) is 0. The maximum atomic E-state index is 12.9. The van der Waals surface area contributed by atoms with Gasteiger partial charge < -0.3 is 10.2 Å². The monoisotopic (exact) mass is 413 g/mol. The molecule has 1 heterocycles. The highest BCUT2D eigenvalue weighted by molar-refractivity contribution is 7.80. The molecule has 27 heavy (non-hydrogen) atoms. The maximum absolute atomic E-state index is 12.9. The predicted octanol–water partition coefficient (Wildman–Crippen LogP) is 5.90. The van der Waals surface area contributed by atoms with Gasteiger partial charge in [0.2, 0.25) is 0 Å². The molecule has 3 nitrogen and oxygen atoms in total. The van der Waals surface area contributed by atoms with E-state index in [1.807, 2.05) is 12.1 Å². The number of thiocarbonyl (C=S) groups is 1. The second-order valence-corrected chi connectivity index (χ2v) is 7.34. The van der Waals surface area contributed by atoms with Crippen molar-refractivity contribution in [2.75, 3.05) is 5.32 Å². The highest BCUT2D eigenvalue weighted by Gasteiger charge is 2.33. The predicted molar refractivity (Wildman–Crippen MR) is 105 cm³/mol. The molecule has 1 aliphatic rings. The molecule has 0 radical (unpaired) electrons. The Morgan fingerprint density at radius 2 is 2.00 bits per heavy atom. The molecule has 0 bridgehead atoms. The van der Waals surface area contributed by atoms with E-state index in [0.717, 1.165) is 37.3 Å². The zero-order valence-corrected chi connectivity index (χ0v) is 16.0. The Kier molecular flexibility index (Phi) is 6.22. The topological polar surface area (TPSA) is 28.2 Å². The Bertz CT molecular complexity index is 793. The Hall–Kier alpha value is -1.86. The molecule has 0 aliphatic heterocycles. The molecule has 144 valence electrons. The maximum Gasteiger partial charge on any atom is 0.417 e. The second kappa shape index (κ2) is 8.44. The first-order valence-electron chi connectivity index (χ1n) is 8.68. The molecular weight excluding hydrogens is 395 g/mol. The van der Waals surface area contributed by atoms with Gasteiger partial charge in [-0.1, -0.05) is 30.5 Å². The fourth-order valence-electron chi connectivity index (χ4n) is 3.29. The van der Waals surface area contributed by atoms with Crippen LogP contribution in [0.4, 0.5) is 18.9 Å². The van der Waals surface area contributed by atoms with Crippen molar-refractivity contribution in [3.05, 3.63) is 58.9 Å². The number of rotatable bonds is 4. The highest BCUT2D eigenvalue weighted by Crippen LogP contribution is 2.36. The number of hydrogen-bond donors (Lipinski definition) is 1. The Labute approximate surface area is 166 Å². The summed E-state index contributed by atoms with van der Waals surface area (Å²) in [5.74, 6) is 0. The van der Waals surface area contributed by atoms with Crippen molar-refractivity contribution in [2.45, 2.75) is 44.4 Å². The number of nitrogens with one attached hydrogen (secondary N) is 1. The van der Waals surface area contributed by atoms with Gasteiger partial charge in [-0.15, -0.1) is 0 Å². The Morgan fingerprint density at radius 3 is 2.59 bits per heavy atom. The number of aromatic nitrogens is 1. The molecule has 0 unspecified atom stereocenters. The zero-order chi connectivity index (χ0) is 19.4. The zero-order valence-electron chi connectivity index (χ0n) is 14.5. The van der Waals surface area contributed by atoms with Gasteiger partial charge in [0, 0.05) is 30.7 Å². The molecule has 1 fully saturated rings. The van der Waals surface area contributed by atoms with Gasteiger partial charge in [-0.25, -0.2) is 0 Å². The van der Waals surface area contributed by atoms with Gasteiger partial charge in [-0.2, -0.15) is 13.2 Å². The number of anilines is 1. The smallest absolute Gasteiger partial charge is 0.342 e. The number of benzene rings is 1. The first-order chi connectivity index (χ1) is 12.8. The first-order valence-corrected chi connectivity index (χ1v) is 9.46. The van der Waals surface area contributed by atoms with Crippen molar-refractivity contribution >= 4 is 34.6 Å². The molecule has 1 saturated carbocycles. The van der Waals surface area contributed by atoms with E-state index >= 15 is 0 Å². The summed E-state index contributed by atoms with van der Waals surface area (Å²) in [6.45, 7) is 0.596. The van der Waals surface area contributed by atoms with Crippen LogP contribution in [-0.2, 0) is 12.7 Å². The van der Waals surface area contributed by atoms with E-state index < -0.39 is 11.7 Å². The van der Waals surface area contributed by atoms with Gasteiger partial charge in [-0.05, 0) is 54.9 Å². The number of hydrogen-bond acceptors (Lipinski definition) is 2. The van der Waals surface area contributed by atoms with Crippen LogP contribution in [-0.4, -0.2) is 21.0 Å². The van der Waals surface area contributed by atoms with Crippen molar-refractivity contribution in [1.29, 1.82) is 0 Å². The molecule has 2 aromatic rings. The molecule has 1 aliphatic carbocycles. The summed E-state index contributed by atoms with van der Waals surface area (Å²) in [6.07, 6.45) is 3.38. The largest absolute Gasteiger partial charge is 0.417 e. The minimum atomic E-state index is -4.48. The van der Waals surface area contributed by atoms with E-state index in [1.165, 1.54) is 12.1 Å². The van der Waals surface area contributed by atoms with E-state index in [-0.39, 0.29) is 5.02 Å². The van der Waals surface area contributed by atoms with Crippen molar-refractivity contribution in [3.8, 4) is 0 Å². The summed E-state index contributed by atoms with van der Waals surface area (Å²) in [5, 5.41) is 3.17. The van der Waals surface area contributed by atoms with Gasteiger partial charge in [0.15, 0.2) is 5.11 Å². The Morgan fingerprint density at radius 1 is 1.26 bits per heavy atom. The molecule has 0 atom stereocenters. The van der Waals surface area contributed by atoms with Crippen LogP contribution < -0.4 is 5.32 Å². The number of alkyl halides is 3. The van der Waals surface area contributed by atoms with Crippen molar-refractivity contribution < 1.29 is 13.2 Å². The molecule has 1 N–H and O–H groups in total. The minimum Gasteiger partial charge on any atom is -0.342 e. The third kappa shape index (κ3) is 5.11. The molecule has 0 saturated heterocycles. The summed E-state index contributed by atoms with van der Waals surface area (Å²) in [5.41, 5.74) is 0.606. The van der Waals surface area contributed by atoms with Crippen LogP contribution in [0.25, 0.3) is 0 Å². The average molecular weight is 414 g/mol. The summed E-state index contributed by atoms with van der Waals surface area (Å²) in [6, 6.07) is 7.72. The fraction of sp³-hybridized carbons (Fsp3) is 0.368. The van der Waals surface area contributed by atoms with E-state index in [4.69, 9.17) is 23.8 Å². The van der Waals surface area contributed by atoms with Crippen molar-refractivity contribution in [2.24, 2.45) is 0 Å². The van der Waals surface area contributed by atoms with Crippen LogP contribution in [0.2, 0.25) is 5.02 Å². The van der Waals surface area contributed by atoms with E-state index in [9.17, 15) is 13.2 Å². The van der Waals surface area contributed by atoms with Gasteiger partial charge in [0.1, 0.15) is 0 Å². The number of pyridine rings is 1. The molecular formula is C19H19ClF3N3S. The molecule has 1 aromatic carbocycles. The van der Waals surface area contributed by atoms with Crippen LogP contribution in [0.15, 0.2) is 42.7 Å². The molecule has 3 rings (SSSR count). The quantitative estimate of drug-likeness (QED) is 0.632. The lowest BCUT2D eigenvalue weighted by atomic mass is 10.1. The first kappa shape index (κ1) is 19.9. The fourth-order valence-corrected chi connectivity index (χ4v) is 3.91. The minimum absolute atomic E-state index is 0.301. The van der Waals surface area contributed by atoms with Gasteiger partial charge in [0.25, 0.3) is 0 Å². The van der Waals surface area contributed by atoms with Crippen LogP contribution in [0, 0.1) is 0 Å². The highest BCUT2D eigenvalue weighted by atomic mass is 35.5. The molecule has 1 aromatic heterocycles. The van der Waals surface area contributed by atoms with E-state index in [0.29, 0.717) is 23.4 Å². The van der Waals surface area contributed by atoms with E-state index in [2.05, 4.69) is 15.2 Å². The second-order valence-electron chi connectivity index (χ2n) is 6.55. The van der Waals surface area contributed by atoms with Crippen LogP contribution in [0.3, 0.4) is 0 Å². The SMILES string of the molecule is FC(F)(F)c1ccc(NC(=S)N(Cc2cccnc2)C2CCCC2)cc1Cl. The Balaban J connectivity index is 1.77. The lowest BCUT2D eigenvalue weighted by Gasteiger charge is -2.32. The van der Waals surface area contributed by atoms with E-state index in [1.54, 1.807) is 12.4 Å². The average Bonchev–Trinajstić information content (AvgIpc) is 3.13. The number of halogens is 4. The number of nitrogens with zero attached hydrogens (tertiary/aromatic N) is 2. The lowest BCUT2D eigenvalue weighted by Crippen LogP contribution is -2.41. The lowest BCUT2D eigenvalue weighted by molar-refractivity contribution is -0.137. The summed E-state index contributed by atoms with van der Waals surface area (Å²) < 4.78 is 38.6. The molecule has 8 heteroatoms. The van der Waals surface area contributed by atoms with Crippen LogP contribution in [0.1, 0.15) is 36.8 Å². The normalized spacial score (nSPS) is 15.0. The van der Waals surface area contributed by atoms with Crippen molar-refractivity contribution in [3.63, 3.8) is 0 Å². The van der Waals surface area contributed by atoms with Gasteiger partial charge in [0.05, 0.1) is 10.6 Å². The third-order valence-electron chi connectivity index (χ3n) is 4.63. The molecule has 0 amide bonds. The third-order valence-corrected chi connectivity index (χ3v) is 5.28. The summed E-state index contributed by atoms with van der Waals surface area (Å²) >= 11 is 11.4. The van der Waals surface area contributed by atoms with Gasteiger partial charge >= 0.3 is 6.18 Å².